The van der Waals surface area contributed by atoms with Crippen LogP contribution in [0.1, 0.15) is 6.92 Å². The number of hydrogen-bond acceptors (Lipinski definition) is 4. The van der Waals surface area contributed by atoms with E-state index in [1.165, 1.54) is 6.92 Å². The van der Waals surface area contributed by atoms with Crippen molar-refractivity contribution in [3.63, 3.8) is 0 Å². The van der Waals surface area contributed by atoms with Crippen molar-refractivity contribution in [3.8, 4) is 5.75 Å². The van der Waals surface area contributed by atoms with Gasteiger partial charge in [0.15, 0.2) is 0 Å². The number of ether oxygens (including phenoxy) is 1. The normalized spacial score (nSPS) is 14.2. The quantitative estimate of drug-likeness (QED) is 0.856. The number of nitrogens with two attached hydrogens (primary N) is 1. The predicted octanol–water partition coefficient (Wildman–Crippen LogP) is 1.21. The summed E-state index contributed by atoms with van der Waals surface area (Å²) in [5.74, 6) is -0.601. The van der Waals surface area contributed by atoms with Gasteiger partial charge in [-0.25, -0.2) is 13.1 Å². The van der Waals surface area contributed by atoms with Crippen LogP contribution in [0.25, 0.3) is 0 Å². The van der Waals surface area contributed by atoms with Crippen molar-refractivity contribution in [3.05, 3.63) is 24.3 Å². The topological polar surface area (TPSA) is 81.4 Å². The molecule has 0 aliphatic heterocycles. The molecule has 19 heavy (non-hydrogen) atoms. The van der Waals surface area contributed by atoms with Crippen molar-refractivity contribution in [1.82, 2.24) is 4.72 Å². The SMILES string of the molecule is C[C@@H](CN)NS(=O)(=O)c1cccc(OC(F)(F)F)c1. The molecule has 9 heteroatoms. The highest BCUT2D eigenvalue weighted by Crippen LogP contribution is 2.24. The van der Waals surface area contributed by atoms with Crippen LogP contribution in [-0.4, -0.2) is 27.4 Å². The number of benzene rings is 1. The second kappa shape index (κ2) is 5.76. The Morgan fingerprint density at radius 3 is 2.58 bits per heavy atom. The molecule has 0 aliphatic rings. The fraction of sp³-hybridized carbons (Fsp3) is 0.400. The molecule has 0 unspecified atom stereocenters. The molecule has 0 saturated carbocycles. The molecule has 0 saturated heterocycles. The second-order valence-electron chi connectivity index (χ2n) is 3.78. The van der Waals surface area contributed by atoms with Crippen LogP contribution < -0.4 is 15.2 Å². The zero-order chi connectivity index (χ0) is 14.7. The van der Waals surface area contributed by atoms with Gasteiger partial charge in [-0.05, 0) is 19.1 Å². The summed E-state index contributed by atoms with van der Waals surface area (Å²) >= 11 is 0. The van der Waals surface area contributed by atoms with E-state index in [9.17, 15) is 21.6 Å². The Morgan fingerprint density at radius 2 is 2.05 bits per heavy atom. The first kappa shape index (κ1) is 15.7. The molecule has 0 aromatic heterocycles. The molecule has 1 aromatic rings. The molecule has 0 radical (unpaired) electrons. The van der Waals surface area contributed by atoms with Gasteiger partial charge >= 0.3 is 6.36 Å². The predicted molar refractivity (Wildman–Crippen MR) is 62.0 cm³/mol. The van der Waals surface area contributed by atoms with E-state index in [1.54, 1.807) is 0 Å². The number of nitrogens with one attached hydrogen (secondary N) is 1. The number of hydrogen-bond donors (Lipinski definition) is 2. The zero-order valence-electron chi connectivity index (χ0n) is 9.94. The van der Waals surface area contributed by atoms with Crippen LogP contribution in [0.3, 0.4) is 0 Å². The van der Waals surface area contributed by atoms with E-state index in [-0.39, 0.29) is 11.4 Å². The van der Waals surface area contributed by atoms with Gasteiger partial charge in [-0.3, -0.25) is 0 Å². The second-order valence-corrected chi connectivity index (χ2v) is 5.49. The molecular formula is C10H13F3N2O3S. The Balaban J connectivity index is 2.99. The molecule has 108 valence electrons. The van der Waals surface area contributed by atoms with E-state index >= 15 is 0 Å². The van der Waals surface area contributed by atoms with Crippen LogP contribution in [0.4, 0.5) is 13.2 Å². The average Bonchev–Trinajstić information content (AvgIpc) is 2.26. The fourth-order valence-electron chi connectivity index (χ4n) is 1.22. The molecule has 0 spiro atoms. The minimum atomic E-state index is -4.87. The van der Waals surface area contributed by atoms with Gasteiger partial charge in [0.1, 0.15) is 5.75 Å². The maximum Gasteiger partial charge on any atom is 0.573 e. The largest absolute Gasteiger partial charge is 0.573 e. The van der Waals surface area contributed by atoms with Gasteiger partial charge in [0, 0.05) is 18.7 Å². The lowest BCUT2D eigenvalue weighted by atomic mass is 10.3. The van der Waals surface area contributed by atoms with Crippen LogP contribution in [0.15, 0.2) is 29.2 Å². The summed E-state index contributed by atoms with van der Waals surface area (Å²) in [6.07, 6.45) is -4.87. The standard InChI is InChI=1S/C10H13F3N2O3S/c1-7(6-14)15-19(16,17)9-4-2-3-8(5-9)18-10(11,12)13/h2-5,7,15H,6,14H2,1H3/t7-/m0/s1. The van der Waals surface area contributed by atoms with Crippen LogP contribution in [0, 0.1) is 0 Å². The summed E-state index contributed by atoms with van der Waals surface area (Å²) in [7, 11) is -3.93. The summed E-state index contributed by atoms with van der Waals surface area (Å²) < 4.78 is 65.6. The molecule has 0 fully saturated rings. The zero-order valence-corrected chi connectivity index (χ0v) is 10.8. The lowest BCUT2D eigenvalue weighted by Crippen LogP contribution is -2.37. The molecule has 1 atom stereocenters. The van der Waals surface area contributed by atoms with Gasteiger partial charge in [-0.1, -0.05) is 6.07 Å². The average molecular weight is 298 g/mol. The third-order valence-corrected chi connectivity index (χ3v) is 3.65. The molecule has 1 aromatic carbocycles. The summed E-state index contributed by atoms with van der Waals surface area (Å²) in [5.41, 5.74) is 5.27. The highest BCUT2D eigenvalue weighted by atomic mass is 32.2. The van der Waals surface area contributed by atoms with Crippen molar-refractivity contribution >= 4 is 10.0 Å². The van der Waals surface area contributed by atoms with Gasteiger partial charge < -0.3 is 10.5 Å². The summed E-state index contributed by atoms with van der Waals surface area (Å²) in [4.78, 5) is -0.324. The van der Waals surface area contributed by atoms with Gasteiger partial charge in [0.05, 0.1) is 4.90 Å². The molecule has 3 N–H and O–H groups in total. The summed E-state index contributed by atoms with van der Waals surface area (Å²) in [5, 5.41) is 0. The minimum absolute atomic E-state index is 0.0674. The van der Waals surface area contributed by atoms with Crippen LogP contribution in [0.5, 0.6) is 5.75 Å². The van der Waals surface area contributed by atoms with E-state index in [4.69, 9.17) is 5.73 Å². The van der Waals surface area contributed by atoms with E-state index < -0.39 is 28.2 Å². The number of halogens is 3. The third kappa shape index (κ3) is 5.05. The monoisotopic (exact) mass is 298 g/mol. The smallest absolute Gasteiger partial charge is 0.406 e. The van der Waals surface area contributed by atoms with Crippen LogP contribution in [-0.2, 0) is 10.0 Å². The maximum absolute atomic E-state index is 12.0. The molecule has 1 rings (SSSR count). The van der Waals surface area contributed by atoms with E-state index in [2.05, 4.69) is 9.46 Å². The van der Waals surface area contributed by atoms with Crippen molar-refractivity contribution in [2.24, 2.45) is 5.73 Å². The van der Waals surface area contributed by atoms with Crippen molar-refractivity contribution in [2.45, 2.75) is 24.2 Å². The van der Waals surface area contributed by atoms with Crippen molar-refractivity contribution in [1.29, 1.82) is 0 Å². The number of sulfonamides is 1. The molecule has 0 bridgehead atoms. The highest BCUT2D eigenvalue weighted by molar-refractivity contribution is 7.89. The molecule has 5 nitrogen and oxygen atoms in total. The van der Waals surface area contributed by atoms with Gasteiger partial charge in [0.25, 0.3) is 0 Å². The maximum atomic E-state index is 12.0. The molecule has 0 heterocycles. The van der Waals surface area contributed by atoms with Crippen LogP contribution in [0.2, 0.25) is 0 Å². The van der Waals surface area contributed by atoms with E-state index in [0.29, 0.717) is 0 Å². The first-order valence-corrected chi connectivity index (χ1v) is 6.70. The van der Waals surface area contributed by atoms with Gasteiger partial charge in [-0.2, -0.15) is 0 Å². The first-order chi connectivity index (χ1) is 8.64. The van der Waals surface area contributed by atoms with E-state index in [0.717, 1.165) is 24.3 Å². The lowest BCUT2D eigenvalue weighted by Gasteiger charge is -2.13. The Labute approximate surface area is 108 Å². The van der Waals surface area contributed by atoms with Crippen LogP contribution >= 0.6 is 0 Å². The fourth-order valence-corrected chi connectivity index (χ4v) is 2.51. The number of rotatable bonds is 5. The summed E-state index contributed by atoms with van der Waals surface area (Å²) in [6.45, 7) is 1.60. The number of alkyl halides is 3. The van der Waals surface area contributed by atoms with Crippen molar-refractivity contribution < 1.29 is 26.3 Å². The molecule has 0 amide bonds. The van der Waals surface area contributed by atoms with Gasteiger partial charge in [-0.15, -0.1) is 13.2 Å². The lowest BCUT2D eigenvalue weighted by molar-refractivity contribution is -0.274. The first-order valence-electron chi connectivity index (χ1n) is 5.22. The summed E-state index contributed by atoms with van der Waals surface area (Å²) in [6, 6.07) is 3.59. The third-order valence-electron chi connectivity index (χ3n) is 2.06. The highest BCUT2D eigenvalue weighted by Gasteiger charge is 2.31. The molecular weight excluding hydrogens is 285 g/mol. The Hall–Kier alpha value is -1.32. The van der Waals surface area contributed by atoms with E-state index in [1.807, 2.05) is 0 Å². The minimum Gasteiger partial charge on any atom is -0.406 e. The van der Waals surface area contributed by atoms with Gasteiger partial charge in [0.2, 0.25) is 10.0 Å². The Morgan fingerprint density at radius 1 is 1.42 bits per heavy atom. The molecule has 0 aliphatic carbocycles. The van der Waals surface area contributed by atoms with Crippen molar-refractivity contribution in [2.75, 3.05) is 6.54 Å². The Bertz CT molecular complexity index is 531. The Kier molecular flexibility index (Phi) is 4.77.